The number of carbonyl (C=O) groups excluding carboxylic acids is 2. The molecule has 0 atom stereocenters. The summed E-state index contributed by atoms with van der Waals surface area (Å²) in [6.45, 7) is 3.45. The maximum Gasteiger partial charge on any atom is 0.411 e. The average Bonchev–Trinajstić information content (AvgIpc) is 2.69. The minimum Gasteiger partial charge on any atom is -0.453 e. The van der Waals surface area contributed by atoms with E-state index in [0.717, 1.165) is 0 Å². The van der Waals surface area contributed by atoms with Gasteiger partial charge in [0.1, 0.15) is 0 Å². The quantitative estimate of drug-likeness (QED) is 0.566. The third-order valence-corrected chi connectivity index (χ3v) is 5.97. The smallest absolute Gasteiger partial charge is 0.411 e. The number of halogens is 1. The molecule has 2 aromatic carbocycles. The Labute approximate surface area is 174 Å². The van der Waals surface area contributed by atoms with E-state index >= 15 is 0 Å². The van der Waals surface area contributed by atoms with Crippen molar-refractivity contribution in [1.82, 2.24) is 0 Å². The largest absolute Gasteiger partial charge is 0.453 e. The molecule has 156 valence electrons. The van der Waals surface area contributed by atoms with Crippen molar-refractivity contribution >= 4 is 50.7 Å². The van der Waals surface area contributed by atoms with Crippen LogP contribution in [0.5, 0.6) is 0 Å². The fraction of sp³-hybridized carbons (Fsp3) is 0.263. The number of benzene rings is 2. The lowest BCUT2D eigenvalue weighted by atomic mass is 9.95. The van der Waals surface area contributed by atoms with Gasteiger partial charge in [0.25, 0.3) is 10.0 Å². The highest BCUT2D eigenvalue weighted by Gasteiger charge is 2.26. The van der Waals surface area contributed by atoms with Gasteiger partial charge in [-0.1, -0.05) is 6.07 Å². The van der Waals surface area contributed by atoms with Crippen molar-refractivity contribution in [2.24, 2.45) is 5.41 Å². The number of methoxy groups -OCH3 is 1. The monoisotopic (exact) mass is 439 g/mol. The summed E-state index contributed by atoms with van der Waals surface area (Å²) in [6.07, 6.45) is -0.706. The molecule has 0 aliphatic heterocycles. The molecule has 0 aliphatic rings. The standard InChI is InChI=1S/C19H22ClN3O5S/c1-19(2,12-20)17(24)21-13-7-9-14(10-8-13)23-29(26,27)16-6-4-5-15(11-16)22-18(25)28-3/h4-11,23H,12H2,1-3H3,(H,21,24)(H,22,25). The summed E-state index contributed by atoms with van der Waals surface area (Å²) in [7, 11) is -2.68. The van der Waals surface area contributed by atoms with Crippen LogP contribution in [0.2, 0.25) is 0 Å². The Morgan fingerprint density at radius 3 is 2.21 bits per heavy atom. The molecule has 2 aromatic rings. The topological polar surface area (TPSA) is 114 Å². The summed E-state index contributed by atoms with van der Waals surface area (Å²) in [4.78, 5) is 23.4. The number of alkyl halides is 1. The lowest BCUT2D eigenvalue weighted by Crippen LogP contribution is -2.32. The van der Waals surface area contributed by atoms with Crippen molar-refractivity contribution in [2.75, 3.05) is 28.3 Å². The molecule has 0 radical (unpaired) electrons. The van der Waals surface area contributed by atoms with Gasteiger partial charge in [-0.25, -0.2) is 13.2 Å². The van der Waals surface area contributed by atoms with Crippen LogP contribution < -0.4 is 15.4 Å². The zero-order valence-corrected chi connectivity index (χ0v) is 17.7. The molecule has 2 amide bonds. The van der Waals surface area contributed by atoms with Gasteiger partial charge in [-0.15, -0.1) is 11.6 Å². The number of ether oxygens (including phenoxy) is 1. The molecule has 29 heavy (non-hydrogen) atoms. The first-order chi connectivity index (χ1) is 13.6. The maximum absolute atomic E-state index is 12.6. The van der Waals surface area contributed by atoms with Crippen molar-refractivity contribution in [3.63, 3.8) is 0 Å². The summed E-state index contributed by atoms with van der Waals surface area (Å²) in [6, 6.07) is 11.9. The zero-order chi connectivity index (χ0) is 21.7. The Morgan fingerprint density at radius 1 is 1.00 bits per heavy atom. The number of carbonyl (C=O) groups is 2. The Balaban J connectivity index is 2.12. The van der Waals surface area contributed by atoms with Gasteiger partial charge in [-0.05, 0) is 56.3 Å². The van der Waals surface area contributed by atoms with E-state index in [0.29, 0.717) is 11.4 Å². The Kier molecular flexibility index (Phi) is 7.10. The fourth-order valence-electron chi connectivity index (χ4n) is 2.11. The molecule has 0 heterocycles. The van der Waals surface area contributed by atoms with Crippen molar-refractivity contribution in [1.29, 1.82) is 0 Å². The first kappa shape index (κ1) is 22.5. The molecular formula is C19H22ClN3O5S. The van der Waals surface area contributed by atoms with E-state index < -0.39 is 21.5 Å². The minimum absolute atomic E-state index is 0.0346. The number of sulfonamides is 1. The highest BCUT2D eigenvalue weighted by molar-refractivity contribution is 7.92. The van der Waals surface area contributed by atoms with Crippen molar-refractivity contribution in [2.45, 2.75) is 18.7 Å². The fourth-order valence-corrected chi connectivity index (χ4v) is 3.33. The number of rotatable bonds is 7. The molecule has 2 rings (SSSR count). The van der Waals surface area contributed by atoms with E-state index in [4.69, 9.17) is 11.6 Å². The Hall–Kier alpha value is -2.78. The first-order valence-electron chi connectivity index (χ1n) is 8.53. The molecule has 0 saturated heterocycles. The van der Waals surface area contributed by atoms with Gasteiger partial charge in [-0.3, -0.25) is 14.8 Å². The van der Waals surface area contributed by atoms with Crippen LogP contribution >= 0.6 is 11.6 Å². The van der Waals surface area contributed by atoms with Crippen molar-refractivity contribution in [3.8, 4) is 0 Å². The van der Waals surface area contributed by atoms with Gasteiger partial charge >= 0.3 is 6.09 Å². The molecule has 3 N–H and O–H groups in total. The van der Waals surface area contributed by atoms with E-state index in [-0.39, 0.29) is 22.4 Å². The molecule has 0 aromatic heterocycles. The second-order valence-electron chi connectivity index (χ2n) is 6.80. The number of amides is 2. The van der Waals surface area contributed by atoms with E-state index in [9.17, 15) is 18.0 Å². The Bertz CT molecular complexity index is 991. The summed E-state index contributed by atoms with van der Waals surface area (Å²) < 4.78 is 32.1. The summed E-state index contributed by atoms with van der Waals surface area (Å²) in [5, 5.41) is 5.14. The molecule has 10 heteroatoms. The normalized spacial score (nSPS) is 11.4. The molecule has 0 fully saturated rings. The van der Waals surface area contributed by atoms with Crippen LogP contribution in [-0.4, -0.2) is 33.4 Å². The highest BCUT2D eigenvalue weighted by atomic mass is 35.5. The zero-order valence-electron chi connectivity index (χ0n) is 16.2. The van der Waals surface area contributed by atoms with Gasteiger partial charge in [0.05, 0.1) is 17.4 Å². The van der Waals surface area contributed by atoms with Crippen LogP contribution in [0.1, 0.15) is 13.8 Å². The van der Waals surface area contributed by atoms with Crippen molar-refractivity contribution < 1.29 is 22.7 Å². The van der Waals surface area contributed by atoms with Crippen molar-refractivity contribution in [3.05, 3.63) is 48.5 Å². The summed E-state index contributed by atoms with van der Waals surface area (Å²) in [5.74, 6) is -0.0728. The second-order valence-corrected chi connectivity index (χ2v) is 8.75. The van der Waals surface area contributed by atoms with E-state index in [1.165, 1.54) is 43.5 Å². The highest BCUT2D eigenvalue weighted by Crippen LogP contribution is 2.23. The molecule has 0 unspecified atom stereocenters. The van der Waals surface area contributed by atoms with Crippen LogP contribution in [-0.2, 0) is 19.6 Å². The summed E-state index contributed by atoms with van der Waals surface area (Å²) >= 11 is 5.79. The van der Waals surface area contributed by atoms with E-state index in [1.54, 1.807) is 26.0 Å². The number of nitrogens with one attached hydrogen (secondary N) is 3. The molecule has 0 spiro atoms. The molecular weight excluding hydrogens is 418 g/mol. The van der Waals surface area contributed by atoms with Crippen LogP contribution in [0.25, 0.3) is 0 Å². The lowest BCUT2D eigenvalue weighted by Gasteiger charge is -2.20. The molecule has 8 nitrogen and oxygen atoms in total. The number of anilines is 3. The van der Waals surface area contributed by atoms with Gasteiger partial charge in [-0.2, -0.15) is 0 Å². The summed E-state index contributed by atoms with van der Waals surface area (Å²) in [5.41, 5.74) is 0.372. The van der Waals surface area contributed by atoms with Gasteiger partial charge < -0.3 is 10.1 Å². The first-order valence-corrected chi connectivity index (χ1v) is 10.5. The van der Waals surface area contributed by atoms with E-state index in [1.807, 2.05) is 0 Å². The average molecular weight is 440 g/mol. The van der Waals surface area contributed by atoms with Crippen LogP contribution in [0, 0.1) is 5.41 Å². The molecule has 0 aliphatic carbocycles. The maximum atomic E-state index is 12.6. The minimum atomic E-state index is -3.89. The third kappa shape index (κ3) is 6.10. The predicted octanol–water partition coefficient (Wildman–Crippen LogP) is 3.87. The van der Waals surface area contributed by atoms with Gasteiger partial charge in [0.2, 0.25) is 5.91 Å². The predicted molar refractivity (Wildman–Crippen MR) is 113 cm³/mol. The lowest BCUT2D eigenvalue weighted by molar-refractivity contribution is -0.122. The van der Waals surface area contributed by atoms with Gasteiger partial charge in [0, 0.05) is 22.9 Å². The number of hydrogen-bond donors (Lipinski definition) is 3. The Morgan fingerprint density at radius 2 is 1.62 bits per heavy atom. The molecule has 0 bridgehead atoms. The van der Waals surface area contributed by atoms with Crippen LogP contribution in [0.3, 0.4) is 0 Å². The third-order valence-electron chi connectivity index (χ3n) is 3.92. The number of hydrogen-bond acceptors (Lipinski definition) is 5. The second kappa shape index (κ2) is 9.15. The van der Waals surface area contributed by atoms with Crippen LogP contribution in [0.15, 0.2) is 53.4 Å². The van der Waals surface area contributed by atoms with Gasteiger partial charge in [0.15, 0.2) is 0 Å². The van der Waals surface area contributed by atoms with Crippen LogP contribution in [0.4, 0.5) is 21.9 Å². The van der Waals surface area contributed by atoms with E-state index in [2.05, 4.69) is 20.1 Å². The SMILES string of the molecule is COC(=O)Nc1cccc(S(=O)(=O)Nc2ccc(NC(=O)C(C)(C)CCl)cc2)c1. The molecule has 0 saturated carbocycles.